The van der Waals surface area contributed by atoms with Gasteiger partial charge < -0.3 is 15.4 Å². The van der Waals surface area contributed by atoms with Gasteiger partial charge in [0.25, 0.3) is 0 Å². The van der Waals surface area contributed by atoms with Gasteiger partial charge in [-0.2, -0.15) is 10.5 Å². The summed E-state index contributed by atoms with van der Waals surface area (Å²) in [5.41, 5.74) is 5.77. The van der Waals surface area contributed by atoms with Crippen molar-refractivity contribution in [2.75, 3.05) is 26.3 Å². The zero-order chi connectivity index (χ0) is 12.7. The second kappa shape index (κ2) is 6.85. The summed E-state index contributed by atoms with van der Waals surface area (Å²) in [5, 5.41) is 17.1. The molecular formula is C11H16N4O2. The van der Waals surface area contributed by atoms with Crippen LogP contribution in [0.15, 0.2) is 0 Å². The topological polar surface area (TPSA) is 103 Å². The molecule has 0 aromatic carbocycles. The van der Waals surface area contributed by atoms with Crippen molar-refractivity contribution in [3.8, 4) is 12.1 Å². The molecule has 2 atom stereocenters. The number of carbonyl (C=O) groups is 1. The average Bonchev–Trinajstić information content (AvgIpc) is 2.75. The Bertz CT molecular complexity index is 326. The van der Waals surface area contributed by atoms with Crippen LogP contribution in [-0.4, -0.2) is 43.2 Å². The first-order valence-corrected chi connectivity index (χ1v) is 5.56. The molecule has 0 saturated carbocycles. The van der Waals surface area contributed by atoms with E-state index in [1.807, 2.05) is 12.1 Å². The third-order valence-corrected chi connectivity index (χ3v) is 2.74. The van der Waals surface area contributed by atoms with E-state index in [0.29, 0.717) is 26.3 Å². The van der Waals surface area contributed by atoms with Crippen LogP contribution >= 0.6 is 0 Å². The predicted octanol–water partition coefficient (Wildman–Crippen LogP) is -0.384. The quantitative estimate of drug-likeness (QED) is 0.700. The van der Waals surface area contributed by atoms with E-state index >= 15 is 0 Å². The highest BCUT2D eigenvalue weighted by Crippen LogP contribution is 2.15. The molecule has 1 aliphatic rings. The van der Waals surface area contributed by atoms with Gasteiger partial charge in [-0.05, 0) is 0 Å². The van der Waals surface area contributed by atoms with Crippen LogP contribution in [0.2, 0.25) is 0 Å². The molecule has 1 saturated heterocycles. The highest BCUT2D eigenvalue weighted by Gasteiger charge is 2.34. The number of rotatable bonds is 5. The van der Waals surface area contributed by atoms with Crippen LogP contribution in [0.25, 0.3) is 0 Å². The third kappa shape index (κ3) is 3.70. The van der Waals surface area contributed by atoms with E-state index in [-0.39, 0.29) is 30.7 Å². The lowest BCUT2D eigenvalue weighted by Gasteiger charge is -2.24. The molecule has 1 amide bonds. The number of hydrogen-bond donors (Lipinski definition) is 1. The minimum absolute atomic E-state index is 0.111. The second-order valence-electron chi connectivity index (χ2n) is 3.95. The lowest BCUT2D eigenvalue weighted by Crippen LogP contribution is -2.44. The van der Waals surface area contributed by atoms with E-state index in [2.05, 4.69) is 0 Å². The molecule has 2 N–H and O–H groups in total. The SMILES string of the molecule is N#CCCN(CCC#N)C(=O)C1COCC1N. The van der Waals surface area contributed by atoms with Crippen molar-refractivity contribution in [2.45, 2.75) is 18.9 Å². The fourth-order valence-electron chi connectivity index (χ4n) is 1.76. The molecule has 1 fully saturated rings. The zero-order valence-electron chi connectivity index (χ0n) is 9.63. The summed E-state index contributed by atoms with van der Waals surface area (Å²) in [6.07, 6.45) is 0.528. The van der Waals surface area contributed by atoms with Gasteiger partial charge in [0.1, 0.15) is 0 Å². The number of nitriles is 2. The molecule has 1 aliphatic heterocycles. The maximum Gasteiger partial charge on any atom is 0.229 e. The van der Waals surface area contributed by atoms with Crippen LogP contribution in [0.5, 0.6) is 0 Å². The van der Waals surface area contributed by atoms with Crippen LogP contribution in [0.4, 0.5) is 0 Å². The van der Waals surface area contributed by atoms with Gasteiger partial charge in [-0.3, -0.25) is 4.79 Å². The molecule has 0 aromatic heterocycles. The van der Waals surface area contributed by atoms with Crippen molar-refractivity contribution in [3.63, 3.8) is 0 Å². The first kappa shape index (κ1) is 13.4. The molecule has 1 heterocycles. The average molecular weight is 236 g/mol. The van der Waals surface area contributed by atoms with Crippen LogP contribution in [0.1, 0.15) is 12.8 Å². The molecule has 0 bridgehead atoms. The third-order valence-electron chi connectivity index (χ3n) is 2.74. The van der Waals surface area contributed by atoms with Crippen molar-refractivity contribution in [1.82, 2.24) is 4.90 Å². The number of carbonyl (C=O) groups excluding carboxylic acids is 1. The second-order valence-corrected chi connectivity index (χ2v) is 3.95. The zero-order valence-corrected chi connectivity index (χ0v) is 9.63. The van der Waals surface area contributed by atoms with Gasteiger partial charge in [-0.15, -0.1) is 0 Å². The first-order chi connectivity index (χ1) is 8.20. The van der Waals surface area contributed by atoms with E-state index in [0.717, 1.165) is 0 Å². The molecule has 6 heteroatoms. The lowest BCUT2D eigenvalue weighted by atomic mass is 10.0. The Kier molecular flexibility index (Phi) is 5.41. The van der Waals surface area contributed by atoms with Crippen LogP contribution in [-0.2, 0) is 9.53 Å². The summed E-state index contributed by atoms with van der Waals surface area (Å²) < 4.78 is 5.15. The minimum Gasteiger partial charge on any atom is -0.379 e. The normalized spacial score (nSPS) is 22.8. The van der Waals surface area contributed by atoms with E-state index < -0.39 is 0 Å². The minimum atomic E-state index is -0.340. The number of nitrogens with zero attached hydrogens (tertiary/aromatic N) is 3. The van der Waals surface area contributed by atoms with Crippen molar-refractivity contribution in [2.24, 2.45) is 11.7 Å². The monoisotopic (exact) mass is 236 g/mol. The Morgan fingerprint density at radius 1 is 1.29 bits per heavy atom. The molecule has 2 unspecified atom stereocenters. The number of amides is 1. The fraction of sp³-hybridized carbons (Fsp3) is 0.727. The molecule has 17 heavy (non-hydrogen) atoms. The Balaban J connectivity index is 2.58. The smallest absolute Gasteiger partial charge is 0.229 e. The number of hydrogen-bond acceptors (Lipinski definition) is 5. The summed E-state index contributed by atoms with van der Waals surface area (Å²) >= 11 is 0. The van der Waals surface area contributed by atoms with Gasteiger partial charge in [0.2, 0.25) is 5.91 Å². The molecule has 92 valence electrons. The van der Waals surface area contributed by atoms with Gasteiger partial charge in [-0.1, -0.05) is 0 Å². The summed E-state index contributed by atoms with van der Waals surface area (Å²) in [4.78, 5) is 13.6. The fourth-order valence-corrected chi connectivity index (χ4v) is 1.76. The first-order valence-electron chi connectivity index (χ1n) is 5.56. The predicted molar refractivity (Wildman–Crippen MR) is 59.3 cm³/mol. The van der Waals surface area contributed by atoms with Crippen molar-refractivity contribution < 1.29 is 9.53 Å². The number of nitrogens with two attached hydrogens (primary N) is 1. The molecule has 0 radical (unpaired) electrons. The van der Waals surface area contributed by atoms with Gasteiger partial charge in [0.15, 0.2) is 0 Å². The van der Waals surface area contributed by atoms with Gasteiger partial charge >= 0.3 is 0 Å². The highest BCUT2D eigenvalue weighted by molar-refractivity contribution is 5.80. The van der Waals surface area contributed by atoms with E-state index in [4.69, 9.17) is 21.0 Å². The Labute approximate surface area is 101 Å². The maximum atomic E-state index is 12.1. The van der Waals surface area contributed by atoms with Gasteiger partial charge in [-0.25, -0.2) is 0 Å². The highest BCUT2D eigenvalue weighted by atomic mass is 16.5. The summed E-state index contributed by atoms with van der Waals surface area (Å²) in [6.45, 7) is 1.41. The molecule has 0 aromatic rings. The maximum absolute atomic E-state index is 12.1. The summed E-state index contributed by atoms with van der Waals surface area (Å²) in [7, 11) is 0. The Morgan fingerprint density at radius 3 is 2.29 bits per heavy atom. The number of ether oxygens (including phenoxy) is 1. The molecule has 0 spiro atoms. The van der Waals surface area contributed by atoms with Crippen LogP contribution in [0, 0.1) is 28.6 Å². The largest absolute Gasteiger partial charge is 0.379 e. The Hall–Kier alpha value is -1.63. The summed E-state index contributed by atoms with van der Waals surface area (Å²) in [6, 6.07) is 3.70. The molecule has 6 nitrogen and oxygen atoms in total. The van der Waals surface area contributed by atoms with Gasteiger partial charge in [0, 0.05) is 19.1 Å². The lowest BCUT2D eigenvalue weighted by molar-refractivity contribution is -0.135. The molecule has 0 aliphatic carbocycles. The van der Waals surface area contributed by atoms with Crippen molar-refractivity contribution >= 4 is 5.91 Å². The van der Waals surface area contributed by atoms with Gasteiger partial charge in [0.05, 0.1) is 44.1 Å². The van der Waals surface area contributed by atoms with Crippen LogP contribution in [0.3, 0.4) is 0 Å². The molecule has 1 rings (SSSR count). The molecular weight excluding hydrogens is 220 g/mol. The van der Waals surface area contributed by atoms with Crippen molar-refractivity contribution in [1.29, 1.82) is 10.5 Å². The summed E-state index contributed by atoms with van der Waals surface area (Å²) in [5.74, 6) is -0.451. The van der Waals surface area contributed by atoms with E-state index in [1.165, 1.54) is 4.90 Å². The van der Waals surface area contributed by atoms with Crippen molar-refractivity contribution in [3.05, 3.63) is 0 Å². The standard InChI is InChI=1S/C11H16N4O2/c12-3-1-5-15(6-2-4-13)11(16)9-7-17-8-10(9)14/h9-10H,1-2,5-8,14H2. The van der Waals surface area contributed by atoms with Crippen LogP contribution < -0.4 is 5.73 Å². The van der Waals surface area contributed by atoms with E-state index in [1.54, 1.807) is 0 Å². The Morgan fingerprint density at radius 2 is 1.88 bits per heavy atom. The van der Waals surface area contributed by atoms with E-state index in [9.17, 15) is 4.79 Å².